The van der Waals surface area contributed by atoms with Crippen LogP contribution in [0.25, 0.3) is 0 Å². The first-order valence-electron chi connectivity index (χ1n) is 5.57. The molecule has 10 heteroatoms. The summed E-state index contributed by atoms with van der Waals surface area (Å²) in [5.41, 5.74) is -0.455. The highest BCUT2D eigenvalue weighted by Crippen LogP contribution is 2.28. The van der Waals surface area contributed by atoms with Crippen molar-refractivity contribution in [2.24, 2.45) is 5.16 Å². The van der Waals surface area contributed by atoms with Crippen LogP contribution in [0.15, 0.2) is 29.4 Å². The van der Waals surface area contributed by atoms with E-state index in [1.165, 1.54) is 6.07 Å². The van der Waals surface area contributed by atoms with Crippen LogP contribution in [0.1, 0.15) is 0 Å². The third-order valence-electron chi connectivity index (χ3n) is 2.12. The summed E-state index contributed by atoms with van der Waals surface area (Å²) in [6.45, 7) is 0. The second kappa shape index (κ2) is 7.26. The number of alkyl halides is 4. The molecule has 0 spiro atoms. The molecule has 0 unspecified atom stereocenters. The molecule has 0 aliphatic rings. The van der Waals surface area contributed by atoms with Crippen LogP contribution in [-0.2, 0) is 9.63 Å². The summed E-state index contributed by atoms with van der Waals surface area (Å²) in [5.74, 6) is -1.41. The van der Waals surface area contributed by atoms with E-state index in [1.54, 1.807) is 0 Å². The quantitative estimate of drug-likeness (QED) is 0.496. The number of hydrogen-bond acceptors (Lipinski definition) is 5. The van der Waals surface area contributed by atoms with Crippen LogP contribution in [-0.4, -0.2) is 31.3 Å². The molecule has 0 bridgehead atoms. The zero-order valence-corrected chi connectivity index (χ0v) is 11.0. The van der Waals surface area contributed by atoms with Gasteiger partial charge in [0.15, 0.2) is 0 Å². The summed E-state index contributed by atoms with van der Waals surface area (Å²) in [6.07, 6.45) is -8.60. The number of rotatable bonds is 6. The molecule has 0 aliphatic carbocycles. The van der Waals surface area contributed by atoms with Crippen molar-refractivity contribution in [3.05, 3.63) is 24.3 Å². The largest absolute Gasteiger partial charge is 0.461 e. The average Bonchev–Trinajstić information content (AvgIpc) is 2.46. The van der Waals surface area contributed by atoms with E-state index in [2.05, 4.69) is 20.0 Å². The Morgan fingerprint density at radius 3 is 2.41 bits per heavy atom. The van der Waals surface area contributed by atoms with Gasteiger partial charge < -0.3 is 14.9 Å². The van der Waals surface area contributed by atoms with Gasteiger partial charge in [-0.3, -0.25) is 4.79 Å². The van der Waals surface area contributed by atoms with Gasteiger partial charge in [0.2, 0.25) is 5.71 Å². The fourth-order valence-electron chi connectivity index (χ4n) is 1.20. The van der Waals surface area contributed by atoms with Crippen LogP contribution in [0.2, 0.25) is 0 Å². The monoisotopic (exact) mass is 319 g/mol. The summed E-state index contributed by atoms with van der Waals surface area (Å²) in [7, 11) is 1.14. The number of nitrogens with zero attached hydrogens (tertiary/aromatic N) is 2. The molecule has 22 heavy (non-hydrogen) atoms. The highest BCUT2D eigenvalue weighted by atomic mass is 19.3. The van der Waals surface area contributed by atoms with Crippen LogP contribution in [0.3, 0.4) is 0 Å². The molecule has 0 saturated carbocycles. The first kappa shape index (κ1) is 17.2. The molecule has 0 heterocycles. The zero-order valence-electron chi connectivity index (χ0n) is 11.0. The Hall–Kier alpha value is -2.83. The minimum absolute atomic E-state index is 0.108. The maximum atomic E-state index is 12.7. The van der Waals surface area contributed by atoms with E-state index in [0.29, 0.717) is 0 Å². The summed E-state index contributed by atoms with van der Waals surface area (Å²) in [6, 6.07) is 5.63. The van der Waals surface area contributed by atoms with Crippen LogP contribution in [0.5, 0.6) is 5.75 Å². The predicted molar refractivity (Wildman–Crippen MR) is 66.7 cm³/mol. The third kappa shape index (κ3) is 4.62. The maximum absolute atomic E-state index is 12.7. The molecule has 1 amide bonds. The summed E-state index contributed by atoms with van der Waals surface area (Å²) in [4.78, 5) is 15.8. The van der Waals surface area contributed by atoms with Gasteiger partial charge in [0.05, 0.1) is 0 Å². The molecule has 1 aromatic rings. The molecule has 0 atom stereocenters. The number of carbonyl (C=O) groups excluding carboxylic acids is 1. The smallest absolute Gasteiger partial charge is 0.428 e. The molecular weight excluding hydrogens is 310 g/mol. The summed E-state index contributed by atoms with van der Waals surface area (Å²) < 4.78 is 53.1. The lowest BCUT2D eigenvalue weighted by Crippen LogP contribution is -2.33. The van der Waals surface area contributed by atoms with Crippen LogP contribution >= 0.6 is 0 Å². The molecule has 0 radical (unpaired) electrons. The Bertz CT molecular complexity index is 597. The fraction of sp³-hybridized carbons (Fsp3) is 0.250. The topological polar surface area (TPSA) is 83.7 Å². The number of benzene rings is 1. The average molecular weight is 319 g/mol. The van der Waals surface area contributed by atoms with Gasteiger partial charge in [-0.15, -0.1) is 0 Å². The van der Waals surface area contributed by atoms with E-state index in [4.69, 9.17) is 5.26 Å². The summed E-state index contributed by atoms with van der Waals surface area (Å²) in [5, 5.41) is 14.0. The number of halogens is 4. The number of nitrogens with one attached hydrogen (secondary N) is 1. The van der Waals surface area contributed by atoms with Crippen molar-refractivity contribution in [3.63, 3.8) is 0 Å². The molecule has 1 N–H and O–H groups in total. The Kier molecular flexibility index (Phi) is 5.68. The Morgan fingerprint density at radius 2 is 1.95 bits per heavy atom. The van der Waals surface area contributed by atoms with Gasteiger partial charge in [0.1, 0.15) is 18.9 Å². The lowest BCUT2D eigenvalue weighted by molar-refractivity contribution is -0.253. The van der Waals surface area contributed by atoms with Crippen molar-refractivity contribution >= 4 is 17.3 Å². The molecule has 118 valence electrons. The number of oxime groups is 1. The number of carbonyl (C=O) groups is 1. The highest BCUT2D eigenvalue weighted by molar-refractivity contribution is 6.48. The van der Waals surface area contributed by atoms with Gasteiger partial charge in [0.25, 0.3) is 5.91 Å². The molecule has 0 aliphatic heterocycles. The van der Waals surface area contributed by atoms with Gasteiger partial charge in [-0.05, 0) is 24.3 Å². The lowest BCUT2D eigenvalue weighted by atomic mass is 10.3. The maximum Gasteiger partial charge on any atom is 0.461 e. The van der Waals surface area contributed by atoms with Gasteiger partial charge in [-0.25, -0.2) is 0 Å². The number of ether oxygens (including phenoxy) is 1. The van der Waals surface area contributed by atoms with Gasteiger partial charge in [-0.1, -0.05) is 5.16 Å². The van der Waals surface area contributed by atoms with Crippen LogP contribution < -0.4 is 10.1 Å². The number of hydrogen-bond donors (Lipinski definition) is 1. The van der Waals surface area contributed by atoms with E-state index in [9.17, 15) is 22.4 Å². The standard InChI is InChI=1S/C12H9F4N3O3/c1-21-19-9(6-17)10(20)18-7-2-4-8(5-3-7)22-12(15,16)11(13)14/h2-5,11H,1H3,(H,18,20). The van der Waals surface area contributed by atoms with Crippen LogP contribution in [0, 0.1) is 11.3 Å². The first-order valence-corrected chi connectivity index (χ1v) is 5.57. The predicted octanol–water partition coefficient (Wildman–Crippen LogP) is 2.39. The van der Waals surface area contributed by atoms with Gasteiger partial charge in [0, 0.05) is 5.69 Å². The van der Waals surface area contributed by atoms with Gasteiger partial charge in [-0.2, -0.15) is 22.8 Å². The van der Waals surface area contributed by atoms with Crippen molar-refractivity contribution < 1.29 is 31.9 Å². The second-order valence-corrected chi connectivity index (χ2v) is 3.68. The Balaban J connectivity index is 2.76. The SMILES string of the molecule is CON=C(C#N)C(=O)Nc1ccc(OC(F)(F)C(F)F)cc1. The normalized spacial score (nSPS) is 11.8. The van der Waals surface area contributed by atoms with Crippen molar-refractivity contribution in [2.45, 2.75) is 12.5 Å². The summed E-state index contributed by atoms with van der Waals surface area (Å²) >= 11 is 0. The van der Waals surface area contributed by atoms with E-state index < -0.39 is 29.9 Å². The van der Waals surface area contributed by atoms with Crippen molar-refractivity contribution in [1.82, 2.24) is 0 Å². The zero-order chi connectivity index (χ0) is 16.8. The minimum Gasteiger partial charge on any atom is -0.428 e. The Labute approximate surface area is 121 Å². The third-order valence-corrected chi connectivity index (χ3v) is 2.12. The fourth-order valence-corrected chi connectivity index (χ4v) is 1.20. The number of anilines is 1. The Morgan fingerprint density at radius 1 is 1.36 bits per heavy atom. The van der Waals surface area contributed by atoms with Crippen LogP contribution in [0.4, 0.5) is 23.2 Å². The van der Waals surface area contributed by atoms with Crippen molar-refractivity contribution in [1.29, 1.82) is 5.26 Å². The second-order valence-electron chi connectivity index (χ2n) is 3.68. The van der Waals surface area contributed by atoms with Gasteiger partial charge >= 0.3 is 12.5 Å². The number of amides is 1. The lowest BCUT2D eigenvalue weighted by Gasteiger charge is -2.16. The van der Waals surface area contributed by atoms with E-state index in [-0.39, 0.29) is 5.69 Å². The molecular formula is C12H9F4N3O3. The number of nitriles is 1. The van der Waals surface area contributed by atoms with E-state index in [1.807, 2.05) is 0 Å². The first-order chi connectivity index (χ1) is 10.3. The minimum atomic E-state index is -4.62. The van der Waals surface area contributed by atoms with E-state index >= 15 is 0 Å². The molecule has 1 aromatic carbocycles. The van der Waals surface area contributed by atoms with Crippen molar-refractivity contribution in [3.8, 4) is 11.8 Å². The van der Waals surface area contributed by atoms with E-state index in [0.717, 1.165) is 31.4 Å². The highest BCUT2D eigenvalue weighted by Gasteiger charge is 2.43. The molecule has 6 nitrogen and oxygen atoms in total. The molecule has 0 aromatic heterocycles. The molecule has 1 rings (SSSR count). The molecule has 0 saturated heterocycles. The van der Waals surface area contributed by atoms with Crippen molar-refractivity contribution in [2.75, 3.05) is 12.4 Å². The molecule has 0 fully saturated rings.